The highest BCUT2D eigenvalue weighted by atomic mass is 32.2. The van der Waals surface area contributed by atoms with Crippen molar-refractivity contribution in [1.82, 2.24) is 5.32 Å². The van der Waals surface area contributed by atoms with Gasteiger partial charge in [0.05, 0.1) is 6.54 Å². The fourth-order valence-corrected chi connectivity index (χ4v) is 1.19. The molecule has 1 atom stereocenters. The van der Waals surface area contributed by atoms with Crippen molar-refractivity contribution in [2.24, 2.45) is 5.92 Å². The number of carbonyl (C=O) groups excluding carboxylic acids is 2. The predicted molar refractivity (Wildman–Crippen MR) is 57.2 cm³/mol. The molecule has 0 bridgehead atoms. The van der Waals surface area contributed by atoms with Crippen LogP contribution in [0.4, 0.5) is 0 Å². The molecular formula is C9H17NO4S. The molecule has 88 valence electrons. The second-order valence-electron chi connectivity index (χ2n) is 3.81. The summed E-state index contributed by atoms with van der Waals surface area (Å²) >= 11 is 0. The van der Waals surface area contributed by atoms with E-state index in [1.807, 2.05) is 0 Å². The van der Waals surface area contributed by atoms with Crippen LogP contribution in [0.25, 0.3) is 0 Å². The number of ketones is 1. The van der Waals surface area contributed by atoms with Crippen LogP contribution in [0.5, 0.6) is 0 Å². The molecule has 1 unspecified atom stereocenters. The summed E-state index contributed by atoms with van der Waals surface area (Å²) in [5.41, 5.74) is 0. The fraction of sp³-hybridized carbons (Fsp3) is 0.778. The second kappa shape index (κ2) is 5.25. The highest BCUT2D eigenvalue weighted by Crippen LogP contribution is 1.98. The third kappa shape index (κ3) is 4.92. The van der Waals surface area contributed by atoms with Crippen LogP contribution in [0.1, 0.15) is 20.8 Å². The summed E-state index contributed by atoms with van der Waals surface area (Å²) in [5.74, 6) is -0.922. The molecule has 0 aromatic rings. The van der Waals surface area contributed by atoms with E-state index in [1.165, 1.54) is 6.92 Å². The van der Waals surface area contributed by atoms with Crippen molar-refractivity contribution < 1.29 is 18.0 Å². The van der Waals surface area contributed by atoms with Gasteiger partial charge in [0.15, 0.2) is 15.6 Å². The van der Waals surface area contributed by atoms with Gasteiger partial charge in [0.2, 0.25) is 5.91 Å². The minimum Gasteiger partial charge on any atom is -0.348 e. The Bertz CT molecular complexity index is 345. The van der Waals surface area contributed by atoms with Crippen molar-refractivity contribution in [3.63, 3.8) is 0 Å². The molecule has 0 rings (SSSR count). The van der Waals surface area contributed by atoms with E-state index >= 15 is 0 Å². The van der Waals surface area contributed by atoms with Gasteiger partial charge in [0, 0.05) is 12.2 Å². The molecule has 5 nitrogen and oxygen atoms in total. The summed E-state index contributed by atoms with van der Waals surface area (Å²) in [4.78, 5) is 22.4. The summed E-state index contributed by atoms with van der Waals surface area (Å²) in [7, 11) is -3.39. The summed E-state index contributed by atoms with van der Waals surface area (Å²) in [6.07, 6.45) is 0.988. The van der Waals surface area contributed by atoms with Crippen LogP contribution in [-0.2, 0) is 19.4 Å². The van der Waals surface area contributed by atoms with Gasteiger partial charge in [-0.1, -0.05) is 13.8 Å². The summed E-state index contributed by atoms with van der Waals surface area (Å²) in [5, 5.41) is 1.19. The van der Waals surface area contributed by atoms with E-state index in [2.05, 4.69) is 5.32 Å². The Hall–Kier alpha value is -0.910. The zero-order chi connectivity index (χ0) is 12.2. The Morgan fingerprint density at radius 2 is 1.67 bits per heavy atom. The van der Waals surface area contributed by atoms with Crippen LogP contribution in [0.3, 0.4) is 0 Å². The van der Waals surface area contributed by atoms with Gasteiger partial charge < -0.3 is 5.32 Å². The second-order valence-corrected chi connectivity index (χ2v) is 6.18. The molecule has 1 amide bonds. The van der Waals surface area contributed by atoms with Crippen molar-refractivity contribution >= 4 is 21.5 Å². The van der Waals surface area contributed by atoms with Crippen LogP contribution in [0.2, 0.25) is 0 Å². The quantitative estimate of drug-likeness (QED) is 0.713. The summed E-state index contributed by atoms with van der Waals surface area (Å²) < 4.78 is 22.0. The largest absolute Gasteiger partial charge is 0.348 e. The van der Waals surface area contributed by atoms with Gasteiger partial charge in [0.1, 0.15) is 5.25 Å². The number of hydrogen-bond acceptors (Lipinski definition) is 4. The van der Waals surface area contributed by atoms with E-state index < -0.39 is 21.0 Å². The van der Waals surface area contributed by atoms with Gasteiger partial charge in [-0.15, -0.1) is 0 Å². The maximum atomic E-state index is 11.3. The van der Waals surface area contributed by atoms with Crippen molar-refractivity contribution in [3.8, 4) is 0 Å². The lowest BCUT2D eigenvalue weighted by molar-refractivity contribution is -0.126. The zero-order valence-electron chi connectivity index (χ0n) is 9.40. The lowest BCUT2D eigenvalue weighted by atomic mass is 10.1. The van der Waals surface area contributed by atoms with Gasteiger partial charge in [-0.3, -0.25) is 9.59 Å². The molecule has 15 heavy (non-hydrogen) atoms. The van der Waals surface area contributed by atoms with Crippen molar-refractivity contribution in [2.75, 3.05) is 12.8 Å². The van der Waals surface area contributed by atoms with Crippen molar-refractivity contribution in [2.45, 2.75) is 26.0 Å². The molecule has 0 aromatic carbocycles. The molecular weight excluding hydrogens is 218 g/mol. The molecule has 0 aromatic heterocycles. The van der Waals surface area contributed by atoms with Crippen LogP contribution in [0, 0.1) is 5.92 Å². The maximum absolute atomic E-state index is 11.3. The molecule has 0 fully saturated rings. The van der Waals surface area contributed by atoms with Crippen LogP contribution in [-0.4, -0.2) is 38.2 Å². The van der Waals surface area contributed by atoms with E-state index in [1.54, 1.807) is 13.8 Å². The average molecular weight is 235 g/mol. The Morgan fingerprint density at radius 1 is 1.20 bits per heavy atom. The molecule has 1 N–H and O–H groups in total. The molecule has 0 spiro atoms. The van der Waals surface area contributed by atoms with Crippen LogP contribution in [0.15, 0.2) is 0 Å². The van der Waals surface area contributed by atoms with Crippen molar-refractivity contribution in [1.29, 1.82) is 0 Å². The van der Waals surface area contributed by atoms with Gasteiger partial charge in [-0.2, -0.15) is 0 Å². The Morgan fingerprint density at radius 3 is 2.00 bits per heavy atom. The molecule has 0 saturated carbocycles. The van der Waals surface area contributed by atoms with Crippen molar-refractivity contribution in [3.05, 3.63) is 0 Å². The number of amides is 1. The molecule has 0 saturated heterocycles. The minimum absolute atomic E-state index is 0.115. The smallest absolute Gasteiger partial charge is 0.238 e. The van der Waals surface area contributed by atoms with Crippen LogP contribution < -0.4 is 5.32 Å². The van der Waals surface area contributed by atoms with E-state index in [-0.39, 0.29) is 18.2 Å². The first-order chi connectivity index (χ1) is 6.66. The lowest BCUT2D eigenvalue weighted by Gasteiger charge is -2.10. The third-order valence-electron chi connectivity index (χ3n) is 2.09. The van der Waals surface area contributed by atoms with E-state index in [0.717, 1.165) is 6.26 Å². The highest BCUT2D eigenvalue weighted by molar-refractivity contribution is 7.92. The maximum Gasteiger partial charge on any atom is 0.238 e. The predicted octanol–water partition coefficient (Wildman–Crippen LogP) is -0.239. The van der Waals surface area contributed by atoms with Gasteiger partial charge >= 0.3 is 0 Å². The number of rotatable bonds is 5. The summed E-state index contributed by atoms with van der Waals surface area (Å²) in [6, 6.07) is 0. The standard InChI is InChI=1S/C9H17NO4S/c1-6(2)8(11)5-10-9(12)7(3)15(4,13)14/h6-7H,5H2,1-4H3,(H,10,12). The van der Waals surface area contributed by atoms with E-state index in [4.69, 9.17) is 0 Å². The number of nitrogens with one attached hydrogen (secondary N) is 1. The number of hydrogen-bond donors (Lipinski definition) is 1. The van der Waals surface area contributed by atoms with E-state index in [9.17, 15) is 18.0 Å². The van der Waals surface area contributed by atoms with Gasteiger partial charge in [-0.25, -0.2) is 8.42 Å². The molecule has 0 heterocycles. The van der Waals surface area contributed by atoms with Gasteiger partial charge in [0.25, 0.3) is 0 Å². The first kappa shape index (κ1) is 14.1. The monoisotopic (exact) mass is 235 g/mol. The average Bonchev–Trinajstić information content (AvgIpc) is 2.10. The SMILES string of the molecule is CC(C)C(=O)CNC(=O)C(C)S(C)(=O)=O. The van der Waals surface area contributed by atoms with Gasteiger partial charge in [-0.05, 0) is 6.92 Å². The summed E-state index contributed by atoms with van der Waals surface area (Å²) in [6.45, 7) is 4.61. The molecule has 6 heteroatoms. The lowest BCUT2D eigenvalue weighted by Crippen LogP contribution is -2.40. The number of Topliss-reactive ketones (excluding diaryl/α,β-unsaturated/α-hetero) is 1. The first-order valence-corrected chi connectivity index (χ1v) is 6.61. The Labute approximate surface area is 90.2 Å². The highest BCUT2D eigenvalue weighted by Gasteiger charge is 2.23. The molecule has 0 aliphatic heterocycles. The van der Waals surface area contributed by atoms with Crippen LogP contribution >= 0.6 is 0 Å². The molecule has 0 radical (unpaired) electrons. The normalized spacial score (nSPS) is 13.7. The Balaban J connectivity index is 4.23. The van der Waals surface area contributed by atoms with E-state index in [0.29, 0.717) is 0 Å². The topological polar surface area (TPSA) is 80.3 Å². The first-order valence-electron chi connectivity index (χ1n) is 4.65. The minimum atomic E-state index is -3.39. The molecule has 0 aliphatic carbocycles. The number of sulfone groups is 1. The number of carbonyl (C=O) groups is 2. The third-order valence-corrected chi connectivity index (χ3v) is 3.59. The zero-order valence-corrected chi connectivity index (χ0v) is 10.2. The fourth-order valence-electron chi connectivity index (χ4n) is 0.717. The molecule has 0 aliphatic rings. The Kier molecular flexibility index (Phi) is 4.93.